The molecule has 1 aliphatic heterocycles. The van der Waals surface area contributed by atoms with Crippen LogP contribution >= 0.6 is 0 Å². The number of aromatic nitrogens is 3. The highest BCUT2D eigenvalue weighted by Crippen LogP contribution is 2.34. The first-order chi connectivity index (χ1) is 14.8. The summed E-state index contributed by atoms with van der Waals surface area (Å²) < 4.78 is 46.2. The molecule has 0 radical (unpaired) electrons. The number of hydrogen-bond acceptors (Lipinski definition) is 5. The highest BCUT2D eigenvalue weighted by Gasteiger charge is 2.33. The number of nitrogens with one attached hydrogen (secondary N) is 2. The Bertz CT molecular complexity index is 1130. The van der Waals surface area contributed by atoms with Gasteiger partial charge >= 0.3 is 6.18 Å². The van der Waals surface area contributed by atoms with Crippen molar-refractivity contribution in [2.24, 2.45) is 0 Å². The lowest BCUT2D eigenvalue weighted by molar-refractivity contribution is -0.137. The summed E-state index contributed by atoms with van der Waals surface area (Å²) in [4.78, 5) is 28.1. The zero-order chi connectivity index (χ0) is 22.0. The first-order valence-electron chi connectivity index (χ1n) is 9.19. The average molecular weight is 431 g/mol. The SMILES string of the molecule is O=C(COc1cccc(C2CC(=O)Nc3ncnn32)c1)Nc1ccccc1C(F)(F)F. The third-order valence-electron chi connectivity index (χ3n) is 4.62. The molecular weight excluding hydrogens is 415 g/mol. The van der Waals surface area contributed by atoms with Crippen molar-refractivity contribution in [2.75, 3.05) is 17.2 Å². The third kappa shape index (κ3) is 4.49. The average Bonchev–Trinajstić information content (AvgIpc) is 3.20. The van der Waals surface area contributed by atoms with Gasteiger partial charge in [0.15, 0.2) is 6.61 Å². The molecule has 2 N–H and O–H groups in total. The number of alkyl halides is 3. The second-order valence-corrected chi connectivity index (χ2v) is 6.75. The Morgan fingerprint density at radius 3 is 2.84 bits per heavy atom. The van der Waals surface area contributed by atoms with Crippen molar-refractivity contribution in [3.63, 3.8) is 0 Å². The molecule has 1 unspecified atom stereocenters. The Balaban J connectivity index is 1.44. The van der Waals surface area contributed by atoms with E-state index < -0.39 is 30.3 Å². The molecule has 1 aromatic heterocycles. The number of ether oxygens (including phenoxy) is 1. The molecular formula is C20H16F3N5O3. The Morgan fingerprint density at radius 2 is 2.03 bits per heavy atom. The Morgan fingerprint density at radius 1 is 1.23 bits per heavy atom. The number of hydrogen-bond donors (Lipinski definition) is 2. The van der Waals surface area contributed by atoms with Crippen LogP contribution in [0.3, 0.4) is 0 Å². The fourth-order valence-corrected chi connectivity index (χ4v) is 3.25. The van der Waals surface area contributed by atoms with Gasteiger partial charge in [0.05, 0.1) is 23.7 Å². The van der Waals surface area contributed by atoms with E-state index in [9.17, 15) is 22.8 Å². The summed E-state index contributed by atoms with van der Waals surface area (Å²) in [5, 5.41) is 8.96. The Labute approximate surface area is 174 Å². The van der Waals surface area contributed by atoms with Crippen LogP contribution in [0.25, 0.3) is 0 Å². The number of fused-ring (bicyclic) bond motifs is 1. The zero-order valence-electron chi connectivity index (χ0n) is 15.9. The van der Waals surface area contributed by atoms with Gasteiger partial charge in [-0.3, -0.25) is 14.9 Å². The minimum absolute atomic E-state index is 0.147. The molecule has 31 heavy (non-hydrogen) atoms. The van der Waals surface area contributed by atoms with Crippen molar-refractivity contribution in [3.8, 4) is 5.75 Å². The maximum absolute atomic E-state index is 13.1. The van der Waals surface area contributed by atoms with Gasteiger partial charge in [-0.2, -0.15) is 23.3 Å². The van der Waals surface area contributed by atoms with Crippen LogP contribution in [0.15, 0.2) is 54.9 Å². The number of benzene rings is 2. The van der Waals surface area contributed by atoms with E-state index >= 15 is 0 Å². The van der Waals surface area contributed by atoms with Gasteiger partial charge < -0.3 is 10.1 Å². The highest BCUT2D eigenvalue weighted by atomic mass is 19.4. The van der Waals surface area contributed by atoms with Gasteiger partial charge in [-0.25, -0.2) is 4.68 Å². The predicted molar refractivity (Wildman–Crippen MR) is 103 cm³/mol. The molecule has 1 aliphatic rings. The minimum Gasteiger partial charge on any atom is -0.484 e. The maximum atomic E-state index is 13.1. The first kappa shape index (κ1) is 20.4. The second-order valence-electron chi connectivity index (χ2n) is 6.75. The number of rotatable bonds is 5. The maximum Gasteiger partial charge on any atom is 0.418 e. The number of halogens is 3. The normalized spacial score (nSPS) is 15.7. The molecule has 0 aliphatic carbocycles. The van der Waals surface area contributed by atoms with Crippen LogP contribution in [0.1, 0.15) is 23.6 Å². The van der Waals surface area contributed by atoms with Crippen LogP contribution in [0.4, 0.5) is 24.8 Å². The molecule has 0 spiro atoms. The number of anilines is 2. The summed E-state index contributed by atoms with van der Waals surface area (Å²) in [6, 6.07) is 11.0. The number of amides is 2. The molecule has 2 aromatic carbocycles. The molecule has 11 heteroatoms. The lowest BCUT2D eigenvalue weighted by Crippen LogP contribution is -2.29. The van der Waals surface area contributed by atoms with E-state index in [-0.39, 0.29) is 18.0 Å². The molecule has 3 aromatic rings. The molecule has 4 rings (SSSR count). The van der Waals surface area contributed by atoms with E-state index in [4.69, 9.17) is 4.74 Å². The van der Waals surface area contributed by atoms with Crippen LogP contribution in [0.5, 0.6) is 5.75 Å². The topological polar surface area (TPSA) is 98.1 Å². The number of para-hydroxylation sites is 1. The lowest BCUT2D eigenvalue weighted by Gasteiger charge is -2.24. The lowest BCUT2D eigenvalue weighted by atomic mass is 10.0. The largest absolute Gasteiger partial charge is 0.484 e. The third-order valence-corrected chi connectivity index (χ3v) is 4.62. The summed E-state index contributed by atoms with van der Waals surface area (Å²) in [6.07, 6.45) is -3.11. The van der Waals surface area contributed by atoms with Gasteiger partial charge in [-0.05, 0) is 29.8 Å². The van der Waals surface area contributed by atoms with E-state index in [1.54, 1.807) is 28.9 Å². The standard InChI is InChI=1S/C20H16F3N5O3/c21-20(22,23)14-6-1-2-7-15(14)26-18(30)10-31-13-5-3-4-12(8-13)16-9-17(29)27-19-24-11-25-28(16)19/h1-8,11,16H,9-10H2,(H,26,30)(H,24,25,27,29). The van der Waals surface area contributed by atoms with E-state index in [0.29, 0.717) is 17.3 Å². The van der Waals surface area contributed by atoms with E-state index in [2.05, 4.69) is 20.7 Å². The van der Waals surface area contributed by atoms with Gasteiger partial charge in [0.25, 0.3) is 5.91 Å². The van der Waals surface area contributed by atoms with Crippen molar-refractivity contribution < 1.29 is 27.5 Å². The first-order valence-corrected chi connectivity index (χ1v) is 9.19. The predicted octanol–water partition coefficient (Wildman–Crippen LogP) is 3.25. The van der Waals surface area contributed by atoms with E-state index in [1.807, 2.05) is 0 Å². The molecule has 0 saturated heterocycles. The summed E-state index contributed by atoms with van der Waals surface area (Å²) in [5.74, 6) is -0.295. The molecule has 0 fully saturated rings. The van der Waals surface area contributed by atoms with Crippen molar-refractivity contribution in [3.05, 3.63) is 66.0 Å². The van der Waals surface area contributed by atoms with Crippen LogP contribution in [0, 0.1) is 0 Å². The van der Waals surface area contributed by atoms with Gasteiger partial charge in [-0.15, -0.1) is 0 Å². The number of carbonyl (C=O) groups excluding carboxylic acids is 2. The highest BCUT2D eigenvalue weighted by molar-refractivity contribution is 5.93. The molecule has 0 bridgehead atoms. The van der Waals surface area contributed by atoms with E-state index in [1.165, 1.54) is 24.5 Å². The molecule has 2 heterocycles. The molecule has 160 valence electrons. The van der Waals surface area contributed by atoms with Crippen molar-refractivity contribution in [1.82, 2.24) is 14.8 Å². The van der Waals surface area contributed by atoms with Gasteiger partial charge in [0.2, 0.25) is 11.9 Å². The quantitative estimate of drug-likeness (QED) is 0.646. The Hall–Kier alpha value is -3.89. The molecule has 0 saturated carbocycles. The van der Waals surface area contributed by atoms with Crippen LogP contribution < -0.4 is 15.4 Å². The van der Waals surface area contributed by atoms with Crippen molar-refractivity contribution in [2.45, 2.75) is 18.6 Å². The summed E-state index contributed by atoms with van der Waals surface area (Å²) in [6.45, 7) is -0.491. The fourth-order valence-electron chi connectivity index (χ4n) is 3.25. The number of carbonyl (C=O) groups is 2. The smallest absolute Gasteiger partial charge is 0.418 e. The van der Waals surface area contributed by atoms with Crippen LogP contribution in [-0.4, -0.2) is 33.2 Å². The summed E-state index contributed by atoms with van der Waals surface area (Å²) >= 11 is 0. The van der Waals surface area contributed by atoms with Crippen LogP contribution in [0.2, 0.25) is 0 Å². The van der Waals surface area contributed by atoms with Crippen molar-refractivity contribution >= 4 is 23.5 Å². The molecule has 1 atom stereocenters. The minimum atomic E-state index is -4.59. The number of nitrogens with zero attached hydrogens (tertiary/aromatic N) is 3. The van der Waals surface area contributed by atoms with Gasteiger partial charge in [-0.1, -0.05) is 24.3 Å². The van der Waals surface area contributed by atoms with Crippen LogP contribution in [-0.2, 0) is 15.8 Å². The van der Waals surface area contributed by atoms with Crippen molar-refractivity contribution in [1.29, 1.82) is 0 Å². The Kier molecular flexibility index (Phi) is 5.32. The monoisotopic (exact) mass is 431 g/mol. The summed E-state index contributed by atoms with van der Waals surface area (Å²) in [7, 11) is 0. The second kappa shape index (κ2) is 8.09. The molecule has 2 amide bonds. The zero-order valence-corrected chi connectivity index (χ0v) is 15.9. The van der Waals surface area contributed by atoms with E-state index in [0.717, 1.165) is 6.07 Å². The van der Waals surface area contributed by atoms with Gasteiger partial charge in [0.1, 0.15) is 12.1 Å². The molecule has 8 nitrogen and oxygen atoms in total. The summed E-state index contributed by atoms with van der Waals surface area (Å²) in [5.41, 5.74) is -0.573. The van der Waals surface area contributed by atoms with Gasteiger partial charge in [0, 0.05) is 0 Å². The fraction of sp³-hybridized carbons (Fsp3) is 0.200.